The molecule has 4 rings (SSSR count). The van der Waals surface area contributed by atoms with Crippen LogP contribution in [0.5, 0.6) is 0 Å². The summed E-state index contributed by atoms with van der Waals surface area (Å²) in [6.45, 7) is 4.61. The Kier molecular flexibility index (Phi) is 2.16. The molecule has 0 N–H and O–H groups in total. The maximum atomic E-state index is 12.3. The van der Waals surface area contributed by atoms with Crippen molar-refractivity contribution >= 4 is 10.9 Å². The number of para-hydroxylation sites is 1. The molecule has 1 aliphatic heterocycles. The third-order valence-electron chi connectivity index (χ3n) is 4.20. The van der Waals surface area contributed by atoms with Gasteiger partial charge >= 0.3 is 0 Å². The molecule has 0 fully saturated rings. The van der Waals surface area contributed by atoms with Gasteiger partial charge in [-0.25, -0.2) is 4.98 Å². The predicted molar refractivity (Wildman–Crippen MR) is 80.0 cm³/mol. The van der Waals surface area contributed by atoms with Gasteiger partial charge in [-0.05, 0) is 31.5 Å². The zero-order chi connectivity index (χ0) is 13.9. The summed E-state index contributed by atoms with van der Waals surface area (Å²) < 4.78 is 1.83. The molecule has 20 heavy (non-hydrogen) atoms. The highest BCUT2D eigenvalue weighted by atomic mass is 16.1. The molecule has 3 nitrogen and oxygen atoms in total. The molecule has 98 valence electrons. The lowest BCUT2D eigenvalue weighted by Gasteiger charge is -2.07. The van der Waals surface area contributed by atoms with Crippen molar-refractivity contribution in [3.8, 4) is 11.4 Å². The van der Waals surface area contributed by atoms with Crippen molar-refractivity contribution in [2.45, 2.75) is 20.4 Å². The molecule has 1 aliphatic rings. The van der Waals surface area contributed by atoms with Crippen molar-refractivity contribution in [3.63, 3.8) is 0 Å². The topological polar surface area (TPSA) is 34.9 Å². The summed E-state index contributed by atoms with van der Waals surface area (Å²) in [6, 6.07) is 12.0. The minimum Gasteiger partial charge on any atom is -0.302 e. The Labute approximate surface area is 116 Å². The fraction of sp³-hybridized carbons (Fsp3) is 0.176. The lowest BCUT2D eigenvalue weighted by Crippen LogP contribution is -2.20. The van der Waals surface area contributed by atoms with E-state index in [2.05, 4.69) is 13.0 Å². The molecule has 0 aliphatic carbocycles. The second-order valence-corrected chi connectivity index (χ2v) is 5.37. The zero-order valence-corrected chi connectivity index (χ0v) is 11.5. The fourth-order valence-electron chi connectivity index (χ4n) is 3.03. The van der Waals surface area contributed by atoms with E-state index in [-0.39, 0.29) is 5.56 Å². The molecule has 0 amide bonds. The van der Waals surface area contributed by atoms with E-state index in [1.807, 2.05) is 41.8 Å². The van der Waals surface area contributed by atoms with Crippen LogP contribution in [0.25, 0.3) is 22.3 Å². The van der Waals surface area contributed by atoms with Crippen LogP contribution < -0.4 is 5.56 Å². The normalized spacial score (nSPS) is 12.5. The Balaban J connectivity index is 2.12. The van der Waals surface area contributed by atoms with E-state index in [1.54, 1.807) is 0 Å². The number of pyridine rings is 2. The van der Waals surface area contributed by atoms with Gasteiger partial charge in [-0.2, -0.15) is 0 Å². The maximum absolute atomic E-state index is 12.3. The number of nitrogens with zero attached hydrogens (tertiary/aromatic N) is 2. The van der Waals surface area contributed by atoms with Crippen molar-refractivity contribution < 1.29 is 0 Å². The average molecular weight is 262 g/mol. The molecule has 3 heteroatoms. The first-order valence-corrected chi connectivity index (χ1v) is 6.76. The summed E-state index contributed by atoms with van der Waals surface area (Å²) in [5, 5.41) is 1.17. The number of benzene rings is 1. The third kappa shape index (κ3) is 1.35. The zero-order valence-electron chi connectivity index (χ0n) is 11.5. The van der Waals surface area contributed by atoms with Crippen molar-refractivity contribution in [3.05, 3.63) is 63.4 Å². The fourth-order valence-corrected chi connectivity index (χ4v) is 3.03. The van der Waals surface area contributed by atoms with Crippen LogP contribution in [0.2, 0.25) is 0 Å². The molecule has 2 aromatic heterocycles. The molecular formula is C17H14N2O. The lowest BCUT2D eigenvalue weighted by atomic mass is 10.0. The van der Waals surface area contributed by atoms with Crippen LogP contribution in [0.15, 0.2) is 41.2 Å². The monoisotopic (exact) mass is 262 g/mol. The molecule has 0 spiro atoms. The van der Waals surface area contributed by atoms with E-state index in [9.17, 15) is 4.79 Å². The van der Waals surface area contributed by atoms with Crippen LogP contribution in [0, 0.1) is 13.8 Å². The summed E-state index contributed by atoms with van der Waals surface area (Å²) in [5.41, 5.74) is 6.15. The summed E-state index contributed by atoms with van der Waals surface area (Å²) in [4.78, 5) is 17.0. The first kappa shape index (κ1) is 11.4. The number of hydrogen-bond acceptors (Lipinski definition) is 2. The Bertz CT molecular complexity index is 922. The van der Waals surface area contributed by atoms with E-state index in [0.29, 0.717) is 6.54 Å². The van der Waals surface area contributed by atoms with Gasteiger partial charge in [-0.3, -0.25) is 4.79 Å². The molecule has 0 saturated heterocycles. The Morgan fingerprint density at radius 1 is 1.10 bits per heavy atom. The van der Waals surface area contributed by atoms with Crippen LogP contribution in [0.3, 0.4) is 0 Å². The van der Waals surface area contributed by atoms with Crippen LogP contribution in [0.4, 0.5) is 0 Å². The van der Waals surface area contributed by atoms with Crippen molar-refractivity contribution in [2.24, 2.45) is 0 Å². The number of aryl methyl sites for hydroxylation is 2. The molecule has 1 aromatic carbocycles. The molecule has 0 saturated carbocycles. The van der Waals surface area contributed by atoms with Gasteiger partial charge in [0.05, 0.1) is 23.4 Å². The van der Waals surface area contributed by atoms with Crippen molar-refractivity contribution in [1.82, 2.24) is 9.55 Å². The van der Waals surface area contributed by atoms with Gasteiger partial charge in [0.2, 0.25) is 0 Å². The van der Waals surface area contributed by atoms with Crippen LogP contribution in [-0.4, -0.2) is 9.55 Å². The molecule has 3 heterocycles. The average Bonchev–Trinajstić information content (AvgIpc) is 2.83. The SMILES string of the molecule is Cc1ccc2n(c1=O)Cc1c-2nc2ccccc2c1C. The minimum absolute atomic E-state index is 0.0870. The summed E-state index contributed by atoms with van der Waals surface area (Å²) >= 11 is 0. The third-order valence-corrected chi connectivity index (χ3v) is 4.20. The first-order chi connectivity index (χ1) is 9.66. The largest absolute Gasteiger partial charge is 0.302 e. The molecule has 0 bridgehead atoms. The van der Waals surface area contributed by atoms with E-state index >= 15 is 0 Å². The number of hydrogen-bond donors (Lipinski definition) is 0. The van der Waals surface area contributed by atoms with Crippen LogP contribution in [0.1, 0.15) is 16.7 Å². The van der Waals surface area contributed by atoms with E-state index in [1.165, 1.54) is 16.5 Å². The quantitative estimate of drug-likeness (QED) is 0.488. The van der Waals surface area contributed by atoms with E-state index < -0.39 is 0 Å². The summed E-state index contributed by atoms with van der Waals surface area (Å²) in [5.74, 6) is 0. The van der Waals surface area contributed by atoms with E-state index in [0.717, 1.165) is 22.5 Å². The maximum Gasteiger partial charge on any atom is 0.254 e. The smallest absolute Gasteiger partial charge is 0.254 e. The molecule has 0 unspecified atom stereocenters. The summed E-state index contributed by atoms with van der Waals surface area (Å²) in [7, 11) is 0. The minimum atomic E-state index is 0.0870. The Morgan fingerprint density at radius 2 is 1.90 bits per heavy atom. The van der Waals surface area contributed by atoms with Crippen LogP contribution >= 0.6 is 0 Å². The molecular weight excluding hydrogens is 248 g/mol. The van der Waals surface area contributed by atoms with Gasteiger partial charge < -0.3 is 4.57 Å². The highest BCUT2D eigenvalue weighted by Crippen LogP contribution is 2.34. The second kappa shape index (κ2) is 3.79. The van der Waals surface area contributed by atoms with E-state index in [4.69, 9.17) is 4.98 Å². The highest BCUT2D eigenvalue weighted by Gasteiger charge is 2.24. The van der Waals surface area contributed by atoms with Gasteiger partial charge in [0.25, 0.3) is 5.56 Å². The summed E-state index contributed by atoms with van der Waals surface area (Å²) in [6.07, 6.45) is 0. The number of aromatic nitrogens is 2. The first-order valence-electron chi connectivity index (χ1n) is 6.76. The van der Waals surface area contributed by atoms with Gasteiger partial charge in [-0.15, -0.1) is 0 Å². The van der Waals surface area contributed by atoms with Gasteiger partial charge in [0.1, 0.15) is 0 Å². The highest BCUT2D eigenvalue weighted by molar-refractivity contribution is 5.87. The number of rotatable bonds is 0. The molecule has 0 atom stereocenters. The van der Waals surface area contributed by atoms with Crippen molar-refractivity contribution in [1.29, 1.82) is 0 Å². The molecule has 0 radical (unpaired) electrons. The Hall–Kier alpha value is -2.42. The molecule has 3 aromatic rings. The predicted octanol–water partition coefficient (Wildman–Crippen LogP) is 3.04. The number of fused-ring (bicyclic) bond motifs is 4. The second-order valence-electron chi connectivity index (χ2n) is 5.37. The van der Waals surface area contributed by atoms with Gasteiger partial charge in [0.15, 0.2) is 0 Å². The van der Waals surface area contributed by atoms with Crippen LogP contribution in [-0.2, 0) is 6.54 Å². The van der Waals surface area contributed by atoms with Gasteiger partial charge in [0, 0.05) is 16.5 Å². The standard InChI is InChI=1S/C17H14N2O/c1-10-7-8-15-16-13(9-19(15)17(10)20)11(2)12-5-3-4-6-14(12)18-16/h3-8H,9H2,1-2H3. The van der Waals surface area contributed by atoms with Crippen molar-refractivity contribution in [2.75, 3.05) is 0 Å². The Morgan fingerprint density at radius 3 is 2.75 bits per heavy atom. The lowest BCUT2D eigenvalue weighted by molar-refractivity contribution is 0.792. The van der Waals surface area contributed by atoms with Gasteiger partial charge in [-0.1, -0.05) is 24.3 Å².